The molecule has 0 aliphatic rings. The van der Waals surface area contributed by atoms with Gasteiger partial charge in [-0.3, -0.25) is 11.3 Å². The van der Waals surface area contributed by atoms with Crippen LogP contribution < -0.4 is 11.3 Å². The van der Waals surface area contributed by atoms with Crippen LogP contribution in [-0.4, -0.2) is 19.3 Å². The van der Waals surface area contributed by atoms with Crippen LogP contribution >= 0.6 is 0 Å². The molecule has 0 fully saturated rings. The van der Waals surface area contributed by atoms with E-state index >= 15 is 0 Å². The topological polar surface area (TPSA) is 47.3 Å². The molecule has 102 valence electrons. The second-order valence-corrected chi connectivity index (χ2v) is 5.72. The van der Waals surface area contributed by atoms with Crippen molar-refractivity contribution in [3.05, 3.63) is 12.7 Å². The Kier molecular flexibility index (Phi) is 8.48. The van der Waals surface area contributed by atoms with Crippen LogP contribution in [0.15, 0.2) is 12.7 Å². The van der Waals surface area contributed by atoms with Gasteiger partial charge in [-0.2, -0.15) is 0 Å². The highest BCUT2D eigenvalue weighted by Crippen LogP contribution is 2.26. The Balaban J connectivity index is 4.07. The molecule has 3 nitrogen and oxygen atoms in total. The number of methoxy groups -OCH3 is 1. The van der Waals surface area contributed by atoms with E-state index in [1.807, 2.05) is 6.08 Å². The first-order chi connectivity index (χ1) is 7.97. The molecule has 0 saturated carbocycles. The molecular weight excluding hydrogens is 212 g/mol. The van der Waals surface area contributed by atoms with Gasteiger partial charge in [0.2, 0.25) is 0 Å². The minimum atomic E-state index is 0.104. The summed E-state index contributed by atoms with van der Waals surface area (Å²) >= 11 is 0. The van der Waals surface area contributed by atoms with Crippen LogP contribution in [0.2, 0.25) is 0 Å². The van der Waals surface area contributed by atoms with Crippen LogP contribution in [0.1, 0.15) is 52.9 Å². The lowest BCUT2D eigenvalue weighted by molar-refractivity contribution is -0.0137. The summed E-state index contributed by atoms with van der Waals surface area (Å²) in [6, 6.07) is 0.226. The molecule has 3 heteroatoms. The molecule has 3 N–H and O–H groups in total. The quantitative estimate of drug-likeness (QED) is 0.283. The number of ether oxygens (including phenoxy) is 1. The summed E-state index contributed by atoms with van der Waals surface area (Å²) in [6.45, 7) is 10.3. The van der Waals surface area contributed by atoms with Crippen molar-refractivity contribution in [2.75, 3.05) is 7.11 Å². The summed E-state index contributed by atoms with van der Waals surface area (Å²) in [7, 11) is 1.76. The Hall–Kier alpha value is -0.380. The normalized spacial score (nSPS) is 15.6. The van der Waals surface area contributed by atoms with Crippen molar-refractivity contribution in [1.82, 2.24) is 5.43 Å². The molecular formula is C14H30N2O. The SMILES string of the molecule is C=CCCCCCC(NN)C(OC)C(C)(C)C. The first-order valence-electron chi connectivity index (χ1n) is 6.57. The van der Waals surface area contributed by atoms with Crippen molar-refractivity contribution < 1.29 is 4.74 Å². The predicted octanol–water partition coefficient (Wildman–Crippen LogP) is 3.02. The lowest BCUT2D eigenvalue weighted by atomic mass is 9.83. The Bertz CT molecular complexity index is 199. The maximum absolute atomic E-state index is 5.64. The number of rotatable bonds is 9. The van der Waals surface area contributed by atoms with Crippen LogP contribution in [0.3, 0.4) is 0 Å². The second kappa shape index (κ2) is 8.67. The number of hydrazine groups is 1. The minimum absolute atomic E-state index is 0.104. The molecule has 17 heavy (non-hydrogen) atoms. The number of hydrogen-bond acceptors (Lipinski definition) is 3. The van der Waals surface area contributed by atoms with Gasteiger partial charge in [-0.15, -0.1) is 6.58 Å². The van der Waals surface area contributed by atoms with Crippen molar-refractivity contribution in [3.8, 4) is 0 Å². The molecule has 0 amide bonds. The van der Waals surface area contributed by atoms with Crippen molar-refractivity contribution >= 4 is 0 Å². The highest BCUT2D eigenvalue weighted by Gasteiger charge is 2.31. The molecule has 2 atom stereocenters. The molecule has 0 rings (SSSR count). The van der Waals surface area contributed by atoms with Crippen LogP contribution in [0.4, 0.5) is 0 Å². The standard InChI is InChI=1S/C14H30N2O/c1-6-7-8-9-10-11-12(16-15)13(17-5)14(2,3)4/h6,12-13,16H,1,7-11,15H2,2-5H3. The van der Waals surface area contributed by atoms with Gasteiger partial charge in [-0.05, 0) is 24.7 Å². The zero-order valence-electron chi connectivity index (χ0n) is 12.0. The van der Waals surface area contributed by atoms with E-state index in [1.54, 1.807) is 7.11 Å². The highest BCUT2D eigenvalue weighted by molar-refractivity contribution is 4.85. The lowest BCUT2D eigenvalue weighted by Gasteiger charge is -2.35. The van der Waals surface area contributed by atoms with E-state index in [0.29, 0.717) is 0 Å². The molecule has 0 aliphatic heterocycles. The number of nitrogens with two attached hydrogens (primary N) is 1. The summed E-state index contributed by atoms with van der Waals surface area (Å²) in [5, 5.41) is 0. The van der Waals surface area contributed by atoms with E-state index in [0.717, 1.165) is 12.8 Å². The summed E-state index contributed by atoms with van der Waals surface area (Å²) < 4.78 is 5.59. The molecule has 0 spiro atoms. The van der Waals surface area contributed by atoms with Gasteiger partial charge in [0, 0.05) is 13.2 Å². The van der Waals surface area contributed by atoms with Crippen LogP contribution in [-0.2, 0) is 4.74 Å². The fraction of sp³-hybridized carbons (Fsp3) is 0.857. The van der Waals surface area contributed by atoms with Gasteiger partial charge in [-0.1, -0.05) is 39.7 Å². The maximum atomic E-state index is 5.64. The summed E-state index contributed by atoms with van der Waals surface area (Å²) in [4.78, 5) is 0. The second-order valence-electron chi connectivity index (χ2n) is 5.72. The summed E-state index contributed by atoms with van der Waals surface area (Å²) in [5.41, 5.74) is 3.01. The first-order valence-corrected chi connectivity index (χ1v) is 6.57. The lowest BCUT2D eigenvalue weighted by Crippen LogP contribution is -2.50. The molecule has 0 saturated heterocycles. The summed E-state index contributed by atoms with van der Waals surface area (Å²) in [6.07, 6.45) is 7.91. The average Bonchev–Trinajstić information content (AvgIpc) is 2.25. The molecule has 0 aromatic heterocycles. The van der Waals surface area contributed by atoms with E-state index < -0.39 is 0 Å². The van der Waals surface area contributed by atoms with Gasteiger partial charge in [0.1, 0.15) is 0 Å². The van der Waals surface area contributed by atoms with E-state index in [9.17, 15) is 0 Å². The number of allylic oxidation sites excluding steroid dienone is 1. The van der Waals surface area contributed by atoms with Crippen LogP contribution in [0, 0.1) is 5.41 Å². The van der Waals surface area contributed by atoms with Crippen molar-refractivity contribution in [1.29, 1.82) is 0 Å². The molecule has 0 aromatic rings. The van der Waals surface area contributed by atoms with Gasteiger partial charge in [0.25, 0.3) is 0 Å². The maximum Gasteiger partial charge on any atom is 0.0785 e. The third-order valence-corrected chi connectivity index (χ3v) is 3.11. The molecule has 0 aromatic carbocycles. The zero-order chi connectivity index (χ0) is 13.3. The third-order valence-electron chi connectivity index (χ3n) is 3.11. The van der Waals surface area contributed by atoms with E-state index in [4.69, 9.17) is 10.6 Å². The smallest absolute Gasteiger partial charge is 0.0785 e. The minimum Gasteiger partial charge on any atom is -0.379 e. The largest absolute Gasteiger partial charge is 0.379 e. The zero-order valence-corrected chi connectivity index (χ0v) is 12.0. The van der Waals surface area contributed by atoms with Gasteiger partial charge >= 0.3 is 0 Å². The van der Waals surface area contributed by atoms with Crippen LogP contribution in [0.25, 0.3) is 0 Å². The van der Waals surface area contributed by atoms with Gasteiger partial charge < -0.3 is 4.74 Å². The Morgan fingerprint density at radius 2 is 1.94 bits per heavy atom. The molecule has 0 heterocycles. The summed E-state index contributed by atoms with van der Waals surface area (Å²) in [5.74, 6) is 5.64. The molecule has 0 bridgehead atoms. The fourth-order valence-corrected chi connectivity index (χ4v) is 2.27. The predicted molar refractivity (Wildman–Crippen MR) is 74.6 cm³/mol. The fourth-order valence-electron chi connectivity index (χ4n) is 2.27. The Morgan fingerprint density at radius 1 is 1.29 bits per heavy atom. The monoisotopic (exact) mass is 242 g/mol. The Labute approximate surface area is 107 Å². The molecule has 2 unspecified atom stereocenters. The first kappa shape index (κ1) is 16.6. The van der Waals surface area contributed by atoms with Crippen molar-refractivity contribution in [3.63, 3.8) is 0 Å². The van der Waals surface area contributed by atoms with Gasteiger partial charge in [-0.25, -0.2) is 0 Å². The van der Waals surface area contributed by atoms with Crippen molar-refractivity contribution in [2.45, 2.75) is 65.0 Å². The average molecular weight is 242 g/mol. The van der Waals surface area contributed by atoms with E-state index in [-0.39, 0.29) is 17.6 Å². The third kappa shape index (κ3) is 6.81. The number of nitrogens with one attached hydrogen (secondary N) is 1. The van der Waals surface area contributed by atoms with Gasteiger partial charge in [0.05, 0.1) is 6.10 Å². The van der Waals surface area contributed by atoms with Crippen molar-refractivity contribution in [2.24, 2.45) is 11.3 Å². The number of unbranched alkanes of at least 4 members (excludes halogenated alkanes) is 3. The highest BCUT2D eigenvalue weighted by atomic mass is 16.5. The van der Waals surface area contributed by atoms with Gasteiger partial charge in [0.15, 0.2) is 0 Å². The molecule has 0 radical (unpaired) electrons. The van der Waals surface area contributed by atoms with Crippen LogP contribution in [0.5, 0.6) is 0 Å². The van der Waals surface area contributed by atoms with E-state index in [1.165, 1.54) is 19.3 Å². The molecule has 0 aliphatic carbocycles. The van der Waals surface area contributed by atoms with E-state index in [2.05, 4.69) is 32.8 Å². The number of hydrogen-bond donors (Lipinski definition) is 2. The Morgan fingerprint density at radius 3 is 2.35 bits per heavy atom.